The van der Waals surface area contributed by atoms with Crippen LogP contribution in [0.3, 0.4) is 0 Å². The Kier molecular flexibility index (Phi) is 10.6. The molecular formula is C15H31NO. The predicted octanol–water partition coefficient (Wildman–Crippen LogP) is 3.51. The first-order valence-corrected chi connectivity index (χ1v) is 7.13. The summed E-state index contributed by atoms with van der Waals surface area (Å²) in [6.07, 6.45) is 9.36. The molecule has 2 N–H and O–H groups in total. The van der Waals surface area contributed by atoms with Gasteiger partial charge in [-0.15, -0.1) is 6.58 Å². The van der Waals surface area contributed by atoms with Crippen LogP contribution in [-0.2, 0) is 0 Å². The Hall–Kier alpha value is -0.340. The molecule has 2 atom stereocenters. The second kappa shape index (κ2) is 10.8. The van der Waals surface area contributed by atoms with Crippen LogP contribution in [0.1, 0.15) is 59.3 Å². The van der Waals surface area contributed by atoms with Gasteiger partial charge >= 0.3 is 0 Å². The number of hydrogen-bond donors (Lipinski definition) is 2. The van der Waals surface area contributed by atoms with Crippen LogP contribution in [0.5, 0.6) is 0 Å². The van der Waals surface area contributed by atoms with Gasteiger partial charge in [-0.1, -0.05) is 52.5 Å². The van der Waals surface area contributed by atoms with Crippen molar-refractivity contribution < 1.29 is 5.11 Å². The van der Waals surface area contributed by atoms with Crippen molar-refractivity contribution in [2.75, 3.05) is 6.61 Å². The highest BCUT2D eigenvalue weighted by Gasteiger charge is 2.16. The zero-order valence-corrected chi connectivity index (χ0v) is 11.9. The molecule has 0 aromatic rings. The minimum Gasteiger partial charge on any atom is -0.395 e. The maximum absolute atomic E-state index is 9.33. The molecular weight excluding hydrogens is 210 g/mol. The van der Waals surface area contributed by atoms with Crippen LogP contribution in [0.25, 0.3) is 0 Å². The van der Waals surface area contributed by atoms with E-state index in [9.17, 15) is 5.11 Å². The van der Waals surface area contributed by atoms with Crippen LogP contribution in [0.4, 0.5) is 0 Å². The molecule has 0 heterocycles. The average Bonchev–Trinajstić information content (AvgIpc) is 2.30. The van der Waals surface area contributed by atoms with E-state index in [-0.39, 0.29) is 12.6 Å². The third-order valence-electron chi connectivity index (χ3n) is 3.31. The third kappa shape index (κ3) is 8.39. The summed E-state index contributed by atoms with van der Waals surface area (Å²) in [7, 11) is 0. The Morgan fingerprint density at radius 1 is 1.24 bits per heavy atom. The maximum Gasteiger partial charge on any atom is 0.0587 e. The van der Waals surface area contributed by atoms with Crippen molar-refractivity contribution in [1.82, 2.24) is 5.32 Å². The fourth-order valence-electron chi connectivity index (χ4n) is 2.05. The summed E-state index contributed by atoms with van der Waals surface area (Å²) >= 11 is 0. The van der Waals surface area contributed by atoms with Crippen LogP contribution in [0.2, 0.25) is 0 Å². The molecule has 0 spiro atoms. The number of aliphatic hydroxyl groups is 1. The molecule has 102 valence electrons. The van der Waals surface area contributed by atoms with Crippen molar-refractivity contribution >= 4 is 0 Å². The minimum atomic E-state index is 0.214. The summed E-state index contributed by atoms with van der Waals surface area (Å²) < 4.78 is 0. The van der Waals surface area contributed by atoms with Crippen LogP contribution in [0, 0.1) is 5.92 Å². The first-order valence-electron chi connectivity index (χ1n) is 7.13. The van der Waals surface area contributed by atoms with E-state index >= 15 is 0 Å². The Morgan fingerprint density at radius 3 is 2.41 bits per heavy atom. The molecule has 0 rings (SSSR count). The second-order valence-electron chi connectivity index (χ2n) is 5.27. The predicted molar refractivity (Wildman–Crippen MR) is 76.2 cm³/mol. The molecule has 0 aliphatic carbocycles. The molecule has 0 aliphatic heterocycles. The van der Waals surface area contributed by atoms with E-state index in [4.69, 9.17) is 0 Å². The molecule has 2 unspecified atom stereocenters. The summed E-state index contributed by atoms with van der Waals surface area (Å²) in [6.45, 7) is 10.6. The van der Waals surface area contributed by atoms with E-state index < -0.39 is 0 Å². The first-order chi connectivity index (χ1) is 8.15. The highest BCUT2D eigenvalue weighted by Crippen LogP contribution is 2.11. The number of hydrogen-bond acceptors (Lipinski definition) is 2. The van der Waals surface area contributed by atoms with Gasteiger partial charge in [0.1, 0.15) is 0 Å². The highest BCUT2D eigenvalue weighted by molar-refractivity contribution is 4.82. The smallest absolute Gasteiger partial charge is 0.0587 e. The Morgan fingerprint density at radius 2 is 1.94 bits per heavy atom. The molecule has 0 amide bonds. The molecule has 17 heavy (non-hydrogen) atoms. The van der Waals surface area contributed by atoms with E-state index in [1.165, 1.54) is 32.1 Å². The Bertz CT molecular complexity index is 180. The lowest BCUT2D eigenvalue weighted by atomic mass is 10.00. The quantitative estimate of drug-likeness (QED) is 0.428. The van der Waals surface area contributed by atoms with Gasteiger partial charge < -0.3 is 10.4 Å². The van der Waals surface area contributed by atoms with Gasteiger partial charge in [-0.2, -0.15) is 0 Å². The maximum atomic E-state index is 9.33. The summed E-state index contributed by atoms with van der Waals surface area (Å²) in [5.74, 6) is 0.475. The van der Waals surface area contributed by atoms with E-state index in [1.54, 1.807) is 0 Å². The molecule has 0 bridgehead atoms. The normalized spacial score (nSPS) is 14.9. The lowest BCUT2D eigenvalue weighted by Gasteiger charge is -2.26. The van der Waals surface area contributed by atoms with Gasteiger partial charge in [-0.25, -0.2) is 0 Å². The van der Waals surface area contributed by atoms with E-state index in [1.807, 2.05) is 6.08 Å². The molecule has 0 aromatic heterocycles. The van der Waals surface area contributed by atoms with Crippen molar-refractivity contribution in [2.24, 2.45) is 5.92 Å². The molecule has 2 nitrogen and oxygen atoms in total. The molecule has 0 radical (unpaired) electrons. The highest BCUT2D eigenvalue weighted by atomic mass is 16.3. The van der Waals surface area contributed by atoms with Gasteiger partial charge in [-0.3, -0.25) is 0 Å². The van der Waals surface area contributed by atoms with E-state index in [2.05, 4.69) is 32.7 Å². The Labute approximate surface area is 108 Å². The van der Waals surface area contributed by atoms with Crippen LogP contribution in [0.15, 0.2) is 12.7 Å². The van der Waals surface area contributed by atoms with Crippen LogP contribution >= 0.6 is 0 Å². The van der Waals surface area contributed by atoms with Gasteiger partial charge in [-0.05, 0) is 18.8 Å². The van der Waals surface area contributed by atoms with Crippen molar-refractivity contribution in [3.05, 3.63) is 12.7 Å². The third-order valence-corrected chi connectivity index (χ3v) is 3.31. The monoisotopic (exact) mass is 241 g/mol. The van der Waals surface area contributed by atoms with Gasteiger partial charge in [0.15, 0.2) is 0 Å². The minimum absolute atomic E-state index is 0.214. The zero-order chi connectivity index (χ0) is 13.1. The molecule has 0 fully saturated rings. The number of unbranched alkanes of at least 4 members (excludes halogenated alkanes) is 3. The fraction of sp³-hybridized carbons (Fsp3) is 0.867. The summed E-state index contributed by atoms with van der Waals surface area (Å²) in [4.78, 5) is 0. The van der Waals surface area contributed by atoms with E-state index in [0.29, 0.717) is 12.0 Å². The van der Waals surface area contributed by atoms with Crippen molar-refractivity contribution in [2.45, 2.75) is 71.4 Å². The SMILES string of the molecule is C=CCC(CCCCCC)NC(CO)C(C)C. The topological polar surface area (TPSA) is 32.3 Å². The number of aliphatic hydroxyl groups excluding tert-OH is 1. The van der Waals surface area contributed by atoms with Crippen molar-refractivity contribution in [3.63, 3.8) is 0 Å². The molecule has 0 saturated carbocycles. The Balaban J connectivity index is 3.98. The van der Waals surface area contributed by atoms with Gasteiger partial charge in [0, 0.05) is 12.1 Å². The first kappa shape index (κ1) is 16.7. The summed E-state index contributed by atoms with van der Waals surface area (Å²) in [5, 5.41) is 12.9. The van der Waals surface area contributed by atoms with Gasteiger partial charge in [0.25, 0.3) is 0 Å². The van der Waals surface area contributed by atoms with Crippen LogP contribution in [-0.4, -0.2) is 23.8 Å². The molecule has 0 saturated heterocycles. The standard InChI is InChI=1S/C15H31NO/c1-5-7-8-9-11-14(10-6-2)16-15(12-17)13(3)4/h6,13-17H,2,5,7-12H2,1,3-4H3. The molecule has 0 aliphatic rings. The summed E-state index contributed by atoms with van der Waals surface area (Å²) in [5.41, 5.74) is 0. The van der Waals surface area contributed by atoms with Crippen molar-refractivity contribution in [1.29, 1.82) is 0 Å². The van der Waals surface area contributed by atoms with Gasteiger partial charge in [0.2, 0.25) is 0 Å². The fourth-order valence-corrected chi connectivity index (χ4v) is 2.05. The zero-order valence-electron chi connectivity index (χ0n) is 11.9. The van der Waals surface area contributed by atoms with Crippen molar-refractivity contribution in [3.8, 4) is 0 Å². The summed E-state index contributed by atoms with van der Waals surface area (Å²) in [6, 6.07) is 0.690. The van der Waals surface area contributed by atoms with Crippen LogP contribution < -0.4 is 5.32 Å². The lowest BCUT2D eigenvalue weighted by Crippen LogP contribution is -2.43. The van der Waals surface area contributed by atoms with Gasteiger partial charge in [0.05, 0.1) is 6.61 Å². The lowest BCUT2D eigenvalue weighted by molar-refractivity contribution is 0.196. The largest absolute Gasteiger partial charge is 0.395 e. The molecule has 2 heteroatoms. The average molecular weight is 241 g/mol. The second-order valence-corrected chi connectivity index (χ2v) is 5.27. The number of nitrogens with one attached hydrogen (secondary N) is 1. The van der Waals surface area contributed by atoms with E-state index in [0.717, 1.165) is 6.42 Å². The number of rotatable bonds is 11. The molecule has 0 aromatic carbocycles.